The van der Waals surface area contributed by atoms with E-state index in [0.29, 0.717) is 0 Å². The first kappa shape index (κ1) is 37.3. The Hall–Kier alpha value is -3.87. The highest BCUT2D eigenvalue weighted by atomic mass is 16.8. The van der Waals surface area contributed by atoms with Crippen LogP contribution in [-0.2, 0) is 85.7 Å². The van der Waals surface area contributed by atoms with Crippen LogP contribution in [-0.4, -0.2) is 124 Å². The molecule has 0 bridgehead atoms. The number of hydrogen-bond acceptors (Lipinski definition) is 18. The van der Waals surface area contributed by atoms with E-state index in [4.69, 9.17) is 52.1 Å². The van der Waals surface area contributed by atoms with Crippen molar-refractivity contribution in [1.29, 1.82) is 0 Å². The summed E-state index contributed by atoms with van der Waals surface area (Å²) in [5.74, 6) is -5.67. The second-order valence-electron chi connectivity index (χ2n) is 9.90. The SMILES string of the molecule is CO[C@H]1O[C@H](CO[C@@H]2O[C@@H](COC(C)=O)[C@H](OC(C)=O)[C@@H](OC(C)=O)[C@H]2OC(C)=O)[C@@H](OC(C)=O)[C@H](OC(C)=O)[C@H]1OC(C)=O. The molecular formula is C27H38O18. The Bertz CT molecular complexity index is 1110. The van der Waals surface area contributed by atoms with E-state index in [1.807, 2.05) is 0 Å². The number of carbonyl (C=O) groups excluding carboxylic acids is 7. The summed E-state index contributed by atoms with van der Waals surface area (Å²) in [6, 6.07) is 0. The van der Waals surface area contributed by atoms with Crippen molar-refractivity contribution in [2.24, 2.45) is 0 Å². The summed E-state index contributed by atoms with van der Waals surface area (Å²) in [5.41, 5.74) is 0. The minimum atomic E-state index is -1.61. The Morgan fingerprint density at radius 1 is 0.444 bits per heavy atom. The Morgan fingerprint density at radius 3 is 1.16 bits per heavy atom. The average molecular weight is 651 g/mol. The van der Waals surface area contributed by atoms with Gasteiger partial charge in [0.1, 0.15) is 18.8 Å². The monoisotopic (exact) mass is 650 g/mol. The third kappa shape index (κ3) is 11.2. The highest BCUT2D eigenvalue weighted by molar-refractivity contribution is 5.69. The van der Waals surface area contributed by atoms with Gasteiger partial charge in [-0.2, -0.15) is 0 Å². The van der Waals surface area contributed by atoms with Crippen molar-refractivity contribution in [3.8, 4) is 0 Å². The summed E-state index contributed by atoms with van der Waals surface area (Å²) in [6.45, 7) is 6.49. The predicted octanol–water partition coefficient (Wildman–Crippen LogP) is -0.747. The fraction of sp³-hybridized carbons (Fsp3) is 0.741. The minimum absolute atomic E-state index is 0.502. The van der Waals surface area contributed by atoms with Gasteiger partial charge in [0.2, 0.25) is 0 Å². The molecular weight excluding hydrogens is 612 g/mol. The third-order valence-corrected chi connectivity index (χ3v) is 6.10. The molecule has 0 unspecified atom stereocenters. The van der Waals surface area contributed by atoms with Gasteiger partial charge >= 0.3 is 41.8 Å². The topological polar surface area (TPSA) is 221 Å². The Kier molecular flexibility index (Phi) is 14.1. The molecule has 0 saturated carbocycles. The highest BCUT2D eigenvalue weighted by Crippen LogP contribution is 2.33. The van der Waals surface area contributed by atoms with Gasteiger partial charge in [-0.1, -0.05) is 0 Å². The zero-order valence-electron chi connectivity index (χ0n) is 26.0. The van der Waals surface area contributed by atoms with E-state index in [-0.39, 0.29) is 0 Å². The van der Waals surface area contributed by atoms with Crippen LogP contribution in [0.3, 0.4) is 0 Å². The largest absolute Gasteiger partial charge is 0.463 e. The van der Waals surface area contributed by atoms with Crippen molar-refractivity contribution >= 4 is 41.8 Å². The van der Waals surface area contributed by atoms with Crippen molar-refractivity contribution in [2.75, 3.05) is 20.3 Å². The Morgan fingerprint density at radius 2 is 0.778 bits per heavy atom. The lowest BCUT2D eigenvalue weighted by atomic mass is 9.97. The fourth-order valence-corrected chi connectivity index (χ4v) is 4.69. The molecule has 0 radical (unpaired) electrons. The van der Waals surface area contributed by atoms with Crippen molar-refractivity contribution in [1.82, 2.24) is 0 Å². The van der Waals surface area contributed by atoms with Gasteiger partial charge in [-0.15, -0.1) is 0 Å². The standard InChI is InChI=1S/C27H38O18/c1-11(28)36-9-18-20(38-12(2)29)23(41-15(5)32)25(43-17(7)34)27(45-18)37-10-19-21(39-13(3)30)22(40-14(4)31)24(42-16(6)33)26(35-8)44-19/h18-27H,9-10H2,1-8H3/t18-,19+,20-,21+,22-,23+,24+,25+,26-,27+/m0/s1. The predicted molar refractivity (Wildman–Crippen MR) is 140 cm³/mol. The summed E-state index contributed by atoms with van der Waals surface area (Å²) >= 11 is 0. The maximum absolute atomic E-state index is 12.1. The maximum Gasteiger partial charge on any atom is 0.303 e. The molecule has 2 aliphatic heterocycles. The molecule has 0 aromatic heterocycles. The number of rotatable bonds is 12. The van der Waals surface area contributed by atoms with Crippen LogP contribution in [0.2, 0.25) is 0 Å². The minimum Gasteiger partial charge on any atom is -0.463 e. The molecule has 2 rings (SSSR count). The van der Waals surface area contributed by atoms with E-state index >= 15 is 0 Å². The molecule has 0 aromatic carbocycles. The average Bonchev–Trinajstić information content (AvgIpc) is 2.90. The lowest BCUT2D eigenvalue weighted by Crippen LogP contribution is -2.65. The molecule has 0 aliphatic carbocycles. The highest BCUT2D eigenvalue weighted by Gasteiger charge is 2.55. The fourth-order valence-electron chi connectivity index (χ4n) is 4.69. The summed E-state index contributed by atoms with van der Waals surface area (Å²) in [6.07, 6.45) is -14.3. The van der Waals surface area contributed by atoms with E-state index in [2.05, 4.69) is 0 Å². The van der Waals surface area contributed by atoms with Crippen LogP contribution in [0.4, 0.5) is 0 Å². The first-order chi connectivity index (χ1) is 21.0. The number of methoxy groups -OCH3 is 1. The van der Waals surface area contributed by atoms with Crippen LogP contribution >= 0.6 is 0 Å². The first-order valence-corrected chi connectivity index (χ1v) is 13.7. The molecule has 0 N–H and O–H groups in total. The number of hydrogen-bond donors (Lipinski definition) is 0. The van der Waals surface area contributed by atoms with Crippen LogP contribution in [0.1, 0.15) is 48.5 Å². The van der Waals surface area contributed by atoms with E-state index in [9.17, 15) is 33.6 Å². The molecule has 2 heterocycles. The van der Waals surface area contributed by atoms with E-state index in [1.54, 1.807) is 0 Å². The third-order valence-electron chi connectivity index (χ3n) is 6.10. The van der Waals surface area contributed by atoms with Crippen LogP contribution in [0.25, 0.3) is 0 Å². The molecule has 2 fully saturated rings. The second-order valence-corrected chi connectivity index (χ2v) is 9.90. The zero-order valence-corrected chi connectivity index (χ0v) is 26.0. The lowest BCUT2D eigenvalue weighted by Gasteiger charge is -2.46. The van der Waals surface area contributed by atoms with Gasteiger partial charge in [-0.05, 0) is 0 Å². The summed E-state index contributed by atoms with van der Waals surface area (Å²) in [5, 5.41) is 0. The lowest BCUT2D eigenvalue weighted by molar-refractivity contribution is -0.332. The molecule has 2 saturated heterocycles. The molecule has 0 amide bonds. The molecule has 254 valence electrons. The van der Waals surface area contributed by atoms with Crippen molar-refractivity contribution < 1.29 is 85.7 Å². The van der Waals surface area contributed by atoms with Crippen LogP contribution in [0.15, 0.2) is 0 Å². The molecule has 10 atom stereocenters. The molecule has 0 aromatic rings. The summed E-state index contributed by atoms with van der Waals surface area (Å²) < 4.78 is 60.1. The van der Waals surface area contributed by atoms with Crippen molar-refractivity contribution in [3.05, 3.63) is 0 Å². The number of carbonyl (C=O) groups is 7. The normalized spacial score (nSPS) is 31.0. The molecule has 18 nitrogen and oxygen atoms in total. The number of esters is 7. The second kappa shape index (κ2) is 17.0. The molecule has 45 heavy (non-hydrogen) atoms. The van der Waals surface area contributed by atoms with E-state index < -0.39 is 116 Å². The van der Waals surface area contributed by atoms with Crippen LogP contribution in [0.5, 0.6) is 0 Å². The summed E-state index contributed by atoms with van der Waals surface area (Å²) in [7, 11) is 1.22. The van der Waals surface area contributed by atoms with Gasteiger partial charge in [0.05, 0.1) is 6.61 Å². The molecule has 18 heteroatoms. The zero-order chi connectivity index (χ0) is 34.0. The maximum atomic E-state index is 12.1. The Balaban J connectivity index is 2.51. The van der Waals surface area contributed by atoms with Crippen molar-refractivity contribution in [3.63, 3.8) is 0 Å². The van der Waals surface area contributed by atoms with Gasteiger partial charge in [-0.3, -0.25) is 33.6 Å². The van der Waals surface area contributed by atoms with Crippen LogP contribution < -0.4 is 0 Å². The van der Waals surface area contributed by atoms with Gasteiger partial charge in [0.15, 0.2) is 49.2 Å². The number of ether oxygens (including phenoxy) is 11. The smallest absolute Gasteiger partial charge is 0.303 e. The van der Waals surface area contributed by atoms with Gasteiger partial charge < -0.3 is 52.1 Å². The van der Waals surface area contributed by atoms with E-state index in [0.717, 1.165) is 48.5 Å². The first-order valence-electron chi connectivity index (χ1n) is 13.7. The van der Waals surface area contributed by atoms with Crippen molar-refractivity contribution in [2.45, 2.75) is 110 Å². The summed E-state index contributed by atoms with van der Waals surface area (Å²) in [4.78, 5) is 83.6. The van der Waals surface area contributed by atoms with Gasteiger partial charge in [0, 0.05) is 55.6 Å². The van der Waals surface area contributed by atoms with Gasteiger partial charge in [0.25, 0.3) is 0 Å². The Labute approximate surface area is 258 Å². The van der Waals surface area contributed by atoms with Gasteiger partial charge in [-0.25, -0.2) is 0 Å². The van der Waals surface area contributed by atoms with Crippen LogP contribution in [0, 0.1) is 0 Å². The molecule has 2 aliphatic rings. The molecule has 0 spiro atoms. The quantitative estimate of drug-likeness (QED) is 0.187. The van der Waals surface area contributed by atoms with E-state index in [1.165, 1.54) is 7.11 Å².